The highest BCUT2D eigenvalue weighted by molar-refractivity contribution is 6.42. The zero-order valence-corrected chi connectivity index (χ0v) is 15.9. The van der Waals surface area contributed by atoms with E-state index in [2.05, 4.69) is 0 Å². The van der Waals surface area contributed by atoms with Gasteiger partial charge < -0.3 is 10.8 Å². The number of hydrogen-bond donors (Lipinski definition) is 2. The first-order valence-corrected chi connectivity index (χ1v) is 8.72. The van der Waals surface area contributed by atoms with E-state index in [4.69, 9.17) is 28.9 Å². The number of hydrogen-bond acceptors (Lipinski definition) is 3. The Kier molecular flexibility index (Phi) is 4.88. The van der Waals surface area contributed by atoms with Crippen LogP contribution in [0.25, 0.3) is 10.9 Å². The molecule has 0 fully saturated rings. The van der Waals surface area contributed by atoms with Gasteiger partial charge in [0.1, 0.15) is 0 Å². The third kappa shape index (κ3) is 3.05. The molecule has 27 heavy (non-hydrogen) atoms. The number of benzene rings is 2. The van der Waals surface area contributed by atoms with Gasteiger partial charge in [0, 0.05) is 16.6 Å². The summed E-state index contributed by atoms with van der Waals surface area (Å²) in [5.41, 5.74) is 6.44. The van der Waals surface area contributed by atoms with Crippen LogP contribution in [0.2, 0.25) is 10.0 Å². The maximum Gasteiger partial charge on any atom is 0.262 e. The molecule has 0 aliphatic carbocycles. The Balaban J connectivity index is 2.35. The molecule has 2 aromatic carbocycles. The molecular formula is C19H15Cl2FN2O3. The second-order valence-electron chi connectivity index (χ2n) is 6.19. The molecule has 0 bridgehead atoms. The molecule has 3 aromatic rings. The van der Waals surface area contributed by atoms with Gasteiger partial charge in [-0.15, -0.1) is 0 Å². The Morgan fingerprint density at radius 3 is 2.44 bits per heavy atom. The summed E-state index contributed by atoms with van der Waals surface area (Å²) in [6, 6.07) is 6.94. The van der Waals surface area contributed by atoms with Crippen molar-refractivity contribution in [3.63, 3.8) is 0 Å². The van der Waals surface area contributed by atoms with Crippen molar-refractivity contribution in [3.05, 3.63) is 63.0 Å². The number of primary amides is 1. The lowest BCUT2D eigenvalue weighted by molar-refractivity contribution is -0.119. The highest BCUT2D eigenvalue weighted by atomic mass is 35.5. The molecule has 1 aromatic heterocycles. The topological polar surface area (TPSA) is 85.3 Å². The zero-order chi connectivity index (χ0) is 20.0. The van der Waals surface area contributed by atoms with E-state index in [-0.39, 0.29) is 27.1 Å². The van der Waals surface area contributed by atoms with Gasteiger partial charge in [0.2, 0.25) is 5.91 Å². The van der Waals surface area contributed by atoms with E-state index in [9.17, 15) is 19.1 Å². The average Bonchev–Trinajstić information content (AvgIpc) is 2.91. The summed E-state index contributed by atoms with van der Waals surface area (Å²) in [5, 5.41) is 10.2. The zero-order valence-electron chi connectivity index (χ0n) is 14.4. The number of carbonyl (C=O) groups excluding carboxylic acids is 2. The third-order valence-electron chi connectivity index (χ3n) is 4.56. The van der Waals surface area contributed by atoms with Crippen LogP contribution in [-0.2, 0) is 4.79 Å². The van der Waals surface area contributed by atoms with E-state index >= 15 is 0 Å². The number of carbonyl (C=O) groups is 2. The van der Waals surface area contributed by atoms with Crippen LogP contribution in [0.15, 0.2) is 30.3 Å². The average molecular weight is 409 g/mol. The fourth-order valence-corrected chi connectivity index (χ4v) is 3.47. The number of fused-ring (bicyclic) bond motifs is 1. The molecule has 0 saturated carbocycles. The van der Waals surface area contributed by atoms with Crippen LogP contribution in [0, 0.1) is 12.7 Å². The van der Waals surface area contributed by atoms with Gasteiger partial charge in [-0.05, 0) is 49.7 Å². The van der Waals surface area contributed by atoms with E-state index < -0.39 is 29.3 Å². The fourth-order valence-electron chi connectivity index (χ4n) is 3.17. The minimum absolute atomic E-state index is 0.0211. The Hall–Kier alpha value is -2.57. The van der Waals surface area contributed by atoms with E-state index in [0.29, 0.717) is 10.7 Å². The van der Waals surface area contributed by atoms with Gasteiger partial charge in [0.25, 0.3) is 5.91 Å². The predicted molar refractivity (Wildman–Crippen MR) is 102 cm³/mol. The molecule has 1 amide bonds. The van der Waals surface area contributed by atoms with Gasteiger partial charge in [0.15, 0.2) is 11.6 Å². The van der Waals surface area contributed by atoms with Gasteiger partial charge in [-0.3, -0.25) is 14.2 Å². The second kappa shape index (κ2) is 6.87. The lowest BCUT2D eigenvalue weighted by Gasteiger charge is -2.10. The summed E-state index contributed by atoms with van der Waals surface area (Å²) in [4.78, 5) is 24.8. The number of nitrogens with two attached hydrogens (primary N) is 1. The first-order valence-electron chi connectivity index (χ1n) is 7.96. The van der Waals surface area contributed by atoms with Crippen molar-refractivity contribution >= 4 is 45.9 Å². The normalized spacial score (nSPS) is 12.3. The summed E-state index contributed by atoms with van der Waals surface area (Å²) in [7, 11) is 0. The predicted octanol–water partition coefficient (Wildman–Crippen LogP) is 4.38. The van der Waals surface area contributed by atoms with Crippen molar-refractivity contribution < 1.29 is 19.1 Å². The van der Waals surface area contributed by atoms with Crippen LogP contribution in [0.1, 0.15) is 34.5 Å². The summed E-state index contributed by atoms with van der Waals surface area (Å²) in [6.07, 6.45) is 0. The molecule has 0 unspecified atom stereocenters. The lowest BCUT2D eigenvalue weighted by atomic mass is 9.97. The molecule has 0 saturated heterocycles. The minimum Gasteiger partial charge on any atom is -0.505 e. The third-order valence-corrected chi connectivity index (χ3v) is 5.30. The van der Waals surface area contributed by atoms with Crippen LogP contribution in [0.4, 0.5) is 4.39 Å². The van der Waals surface area contributed by atoms with Crippen molar-refractivity contribution in [2.24, 2.45) is 5.73 Å². The number of rotatable bonds is 3. The van der Waals surface area contributed by atoms with Crippen LogP contribution in [0.5, 0.6) is 5.75 Å². The monoisotopic (exact) mass is 408 g/mol. The molecule has 140 valence electrons. The number of nitrogens with zero attached hydrogens (tertiary/aromatic N) is 1. The first-order chi connectivity index (χ1) is 12.6. The second-order valence-corrected chi connectivity index (χ2v) is 7.00. The summed E-state index contributed by atoms with van der Waals surface area (Å²) >= 11 is 11.9. The summed E-state index contributed by atoms with van der Waals surface area (Å²) in [6.45, 7) is 3.10. The number of phenols is 1. The SMILES string of the molecule is Cc1c([C@@H](C)C(N)=O)c2c(F)c(O)ccc2n1C(=O)c1ccc(Cl)c(Cl)c1. The van der Waals surface area contributed by atoms with Crippen molar-refractivity contribution in [2.75, 3.05) is 0 Å². The first kappa shape index (κ1) is 19.2. The Labute approximate surface area is 164 Å². The fraction of sp³-hybridized carbons (Fsp3) is 0.158. The summed E-state index contributed by atoms with van der Waals surface area (Å²) in [5.74, 6) is -3.53. The van der Waals surface area contributed by atoms with Crippen molar-refractivity contribution in [3.8, 4) is 5.75 Å². The van der Waals surface area contributed by atoms with Crippen LogP contribution >= 0.6 is 23.2 Å². The molecule has 3 N–H and O–H groups in total. The molecule has 1 atom stereocenters. The van der Waals surface area contributed by atoms with Crippen LogP contribution in [0.3, 0.4) is 0 Å². The van der Waals surface area contributed by atoms with Gasteiger partial charge in [-0.1, -0.05) is 23.2 Å². The number of amides is 1. The molecule has 0 radical (unpaired) electrons. The Bertz CT molecular complexity index is 1110. The summed E-state index contributed by atoms with van der Waals surface area (Å²) < 4.78 is 16.0. The van der Waals surface area contributed by atoms with Crippen molar-refractivity contribution in [1.29, 1.82) is 0 Å². The van der Waals surface area contributed by atoms with Gasteiger partial charge >= 0.3 is 0 Å². The highest BCUT2D eigenvalue weighted by Gasteiger charge is 2.28. The molecule has 0 spiro atoms. The van der Waals surface area contributed by atoms with E-state index in [1.807, 2.05) is 0 Å². The van der Waals surface area contributed by atoms with Crippen molar-refractivity contribution in [1.82, 2.24) is 4.57 Å². The van der Waals surface area contributed by atoms with Crippen molar-refractivity contribution in [2.45, 2.75) is 19.8 Å². The van der Waals surface area contributed by atoms with E-state index in [0.717, 1.165) is 6.07 Å². The van der Waals surface area contributed by atoms with Gasteiger partial charge in [-0.2, -0.15) is 0 Å². The molecular weight excluding hydrogens is 394 g/mol. The molecule has 0 aliphatic rings. The van der Waals surface area contributed by atoms with E-state index in [1.165, 1.54) is 35.8 Å². The highest BCUT2D eigenvalue weighted by Crippen LogP contribution is 2.37. The van der Waals surface area contributed by atoms with E-state index in [1.54, 1.807) is 6.92 Å². The Morgan fingerprint density at radius 2 is 1.85 bits per heavy atom. The van der Waals surface area contributed by atoms with Crippen LogP contribution in [-0.4, -0.2) is 21.5 Å². The lowest BCUT2D eigenvalue weighted by Crippen LogP contribution is -2.20. The minimum atomic E-state index is -0.917. The smallest absolute Gasteiger partial charge is 0.262 e. The molecule has 5 nitrogen and oxygen atoms in total. The molecule has 1 heterocycles. The molecule has 0 aliphatic heterocycles. The van der Waals surface area contributed by atoms with Gasteiger partial charge in [0.05, 0.1) is 21.5 Å². The largest absolute Gasteiger partial charge is 0.505 e. The maximum atomic E-state index is 14.7. The number of phenolic OH excluding ortho intramolecular Hbond substituents is 1. The number of aromatic nitrogens is 1. The quantitative estimate of drug-likeness (QED) is 0.674. The van der Waals surface area contributed by atoms with Crippen LogP contribution < -0.4 is 5.73 Å². The Morgan fingerprint density at radius 1 is 1.19 bits per heavy atom. The maximum absolute atomic E-state index is 14.7. The number of aromatic hydroxyl groups is 1. The molecule has 8 heteroatoms. The number of halogens is 3. The standard InChI is InChI=1S/C19H15Cl2FN2O3/c1-8(18(23)26)15-9(2)24(13-5-6-14(25)17(22)16(13)15)19(27)10-3-4-11(20)12(21)7-10/h3-8,25H,1-2H3,(H2,23,26)/t8-/m1/s1. The van der Waals surface area contributed by atoms with Gasteiger partial charge in [-0.25, -0.2) is 4.39 Å². The molecule has 3 rings (SSSR count).